The first-order valence-corrected chi connectivity index (χ1v) is 10.2. The Bertz CT molecular complexity index is 826. The summed E-state index contributed by atoms with van der Waals surface area (Å²) in [5.74, 6) is 0.753. The Balaban J connectivity index is 1.84. The van der Waals surface area contributed by atoms with Gasteiger partial charge in [-0.05, 0) is 37.7 Å². The second-order valence-corrected chi connectivity index (χ2v) is 9.05. The lowest BCUT2D eigenvalue weighted by Crippen LogP contribution is -2.33. The molecule has 5 nitrogen and oxygen atoms in total. The molecule has 0 aliphatic heterocycles. The van der Waals surface area contributed by atoms with Crippen molar-refractivity contribution in [3.8, 4) is 6.07 Å². The van der Waals surface area contributed by atoms with Crippen LogP contribution in [0.3, 0.4) is 0 Å². The molecular formula is C18H22N4OS2. The number of aromatic nitrogens is 2. The van der Waals surface area contributed by atoms with Gasteiger partial charge >= 0.3 is 0 Å². The van der Waals surface area contributed by atoms with Crippen LogP contribution >= 0.6 is 23.1 Å². The normalized spacial score (nSPS) is 17.8. The van der Waals surface area contributed by atoms with E-state index < -0.39 is 0 Å². The minimum atomic E-state index is -0.236. The van der Waals surface area contributed by atoms with Crippen LogP contribution in [0.25, 0.3) is 10.2 Å². The SMILES string of the molecule is C[C@H]1CCc2c(sc3ncnc(S[C@@H](C)C(=O)N(C)CCC#N)c23)C1. The molecule has 2 aromatic rings. The van der Waals surface area contributed by atoms with Crippen molar-refractivity contribution < 1.29 is 4.79 Å². The number of nitrogens with zero attached hydrogens (tertiary/aromatic N) is 4. The summed E-state index contributed by atoms with van der Waals surface area (Å²) in [6.45, 7) is 4.67. The highest BCUT2D eigenvalue weighted by atomic mass is 32.2. The Hall–Kier alpha value is -1.65. The molecule has 0 bridgehead atoms. The fourth-order valence-electron chi connectivity index (χ4n) is 3.19. The molecule has 132 valence electrons. The van der Waals surface area contributed by atoms with Crippen LogP contribution in [0.5, 0.6) is 0 Å². The van der Waals surface area contributed by atoms with E-state index >= 15 is 0 Å². The highest BCUT2D eigenvalue weighted by molar-refractivity contribution is 8.00. The molecule has 2 heterocycles. The topological polar surface area (TPSA) is 69.9 Å². The van der Waals surface area contributed by atoms with Crippen LogP contribution in [0.1, 0.15) is 37.1 Å². The molecular weight excluding hydrogens is 352 g/mol. The van der Waals surface area contributed by atoms with Gasteiger partial charge in [-0.3, -0.25) is 4.79 Å². The largest absolute Gasteiger partial charge is 0.344 e. The molecule has 1 aliphatic rings. The zero-order valence-corrected chi connectivity index (χ0v) is 16.4. The van der Waals surface area contributed by atoms with Crippen LogP contribution in [0.2, 0.25) is 0 Å². The standard InChI is InChI=1S/C18H22N4OS2/c1-11-5-6-13-14(9-11)25-17-15(13)16(20-10-21-17)24-12(2)18(23)22(3)8-4-7-19/h10-12H,4-6,8-9H2,1-3H3/t11-,12-/m0/s1. The minimum Gasteiger partial charge on any atom is -0.344 e. The van der Waals surface area contributed by atoms with Crippen LogP contribution in [-0.2, 0) is 17.6 Å². The molecule has 1 amide bonds. The quantitative estimate of drug-likeness (QED) is 0.590. The van der Waals surface area contributed by atoms with Crippen molar-refractivity contribution in [3.05, 3.63) is 16.8 Å². The number of rotatable bonds is 5. The van der Waals surface area contributed by atoms with Gasteiger partial charge in [0.25, 0.3) is 0 Å². The molecule has 0 radical (unpaired) electrons. The molecule has 2 aromatic heterocycles. The molecule has 7 heteroatoms. The summed E-state index contributed by atoms with van der Waals surface area (Å²) in [5.41, 5.74) is 1.39. The minimum absolute atomic E-state index is 0.0322. The summed E-state index contributed by atoms with van der Waals surface area (Å²) in [6, 6.07) is 2.08. The summed E-state index contributed by atoms with van der Waals surface area (Å²) in [6.07, 6.45) is 5.34. The lowest BCUT2D eigenvalue weighted by molar-refractivity contribution is -0.128. The summed E-state index contributed by atoms with van der Waals surface area (Å²) in [7, 11) is 1.75. The second kappa shape index (κ2) is 7.71. The molecule has 25 heavy (non-hydrogen) atoms. The van der Waals surface area contributed by atoms with Crippen LogP contribution in [-0.4, -0.2) is 39.6 Å². The van der Waals surface area contributed by atoms with Crippen molar-refractivity contribution in [2.75, 3.05) is 13.6 Å². The predicted octanol–water partition coefficient (Wildman–Crippen LogP) is 3.67. The van der Waals surface area contributed by atoms with Gasteiger partial charge in [-0.2, -0.15) is 5.26 Å². The molecule has 3 rings (SSSR count). The van der Waals surface area contributed by atoms with Crippen molar-refractivity contribution in [2.45, 2.75) is 49.8 Å². The van der Waals surface area contributed by atoms with E-state index in [0.29, 0.717) is 13.0 Å². The summed E-state index contributed by atoms with van der Waals surface area (Å²) in [5, 5.41) is 10.5. The smallest absolute Gasteiger partial charge is 0.235 e. The van der Waals surface area contributed by atoms with Gasteiger partial charge in [-0.25, -0.2) is 9.97 Å². The zero-order valence-electron chi connectivity index (χ0n) is 14.8. The van der Waals surface area contributed by atoms with Gasteiger partial charge in [-0.15, -0.1) is 11.3 Å². The predicted molar refractivity (Wildman–Crippen MR) is 102 cm³/mol. The summed E-state index contributed by atoms with van der Waals surface area (Å²) in [4.78, 5) is 25.6. The third-order valence-corrected chi connectivity index (χ3v) is 6.88. The van der Waals surface area contributed by atoms with E-state index in [0.717, 1.165) is 34.0 Å². The van der Waals surface area contributed by atoms with E-state index in [9.17, 15) is 4.79 Å². The summed E-state index contributed by atoms with van der Waals surface area (Å²) >= 11 is 3.28. The van der Waals surface area contributed by atoms with Gasteiger partial charge in [0.05, 0.1) is 17.7 Å². The van der Waals surface area contributed by atoms with E-state index in [2.05, 4.69) is 23.0 Å². The maximum absolute atomic E-state index is 12.5. The average molecular weight is 375 g/mol. The van der Waals surface area contributed by atoms with E-state index in [4.69, 9.17) is 5.26 Å². The van der Waals surface area contributed by atoms with E-state index in [1.165, 1.54) is 28.6 Å². The lowest BCUT2D eigenvalue weighted by Gasteiger charge is -2.20. The molecule has 0 fully saturated rings. The first kappa shape index (κ1) is 18.2. The lowest BCUT2D eigenvalue weighted by atomic mass is 9.89. The summed E-state index contributed by atoms with van der Waals surface area (Å²) < 4.78 is 0. The maximum atomic E-state index is 12.5. The van der Waals surface area contributed by atoms with Gasteiger partial charge in [0.15, 0.2) is 0 Å². The molecule has 0 aromatic carbocycles. The number of hydrogen-bond donors (Lipinski definition) is 0. The van der Waals surface area contributed by atoms with Crippen molar-refractivity contribution in [2.24, 2.45) is 5.92 Å². The van der Waals surface area contributed by atoms with Gasteiger partial charge in [-0.1, -0.05) is 18.7 Å². The number of thiophene rings is 1. The molecule has 0 saturated heterocycles. The van der Waals surface area contributed by atoms with Crippen LogP contribution < -0.4 is 0 Å². The zero-order chi connectivity index (χ0) is 18.0. The maximum Gasteiger partial charge on any atom is 0.235 e. The van der Waals surface area contributed by atoms with Gasteiger partial charge in [0.2, 0.25) is 5.91 Å². The Morgan fingerprint density at radius 2 is 2.36 bits per heavy atom. The number of nitriles is 1. The number of aryl methyl sites for hydroxylation is 1. The number of thioether (sulfide) groups is 1. The van der Waals surface area contributed by atoms with Crippen molar-refractivity contribution in [3.63, 3.8) is 0 Å². The number of carbonyl (C=O) groups is 1. The fraction of sp³-hybridized carbons (Fsp3) is 0.556. The Kier molecular flexibility index (Phi) is 5.60. The third kappa shape index (κ3) is 3.80. The van der Waals surface area contributed by atoms with E-state index in [1.807, 2.05) is 6.92 Å². The van der Waals surface area contributed by atoms with Crippen molar-refractivity contribution in [1.82, 2.24) is 14.9 Å². The highest BCUT2D eigenvalue weighted by Crippen LogP contribution is 2.41. The molecule has 1 aliphatic carbocycles. The van der Waals surface area contributed by atoms with E-state index in [1.54, 1.807) is 29.6 Å². The molecule has 2 atom stereocenters. The second-order valence-electron chi connectivity index (χ2n) is 6.64. The van der Waals surface area contributed by atoms with Crippen molar-refractivity contribution >= 4 is 39.2 Å². The Morgan fingerprint density at radius 3 is 3.12 bits per heavy atom. The average Bonchev–Trinajstić information content (AvgIpc) is 2.97. The monoisotopic (exact) mass is 374 g/mol. The van der Waals surface area contributed by atoms with Crippen LogP contribution in [0, 0.1) is 17.2 Å². The van der Waals surface area contributed by atoms with Gasteiger partial charge in [0, 0.05) is 23.9 Å². The number of fused-ring (bicyclic) bond motifs is 3. The number of carbonyl (C=O) groups excluding carboxylic acids is 1. The van der Waals surface area contributed by atoms with E-state index in [-0.39, 0.29) is 11.2 Å². The molecule has 0 spiro atoms. The number of amides is 1. The molecule has 0 saturated carbocycles. The fourth-order valence-corrected chi connectivity index (χ4v) is 5.67. The Labute approximate surface area is 156 Å². The third-order valence-electron chi connectivity index (χ3n) is 4.63. The van der Waals surface area contributed by atoms with Crippen LogP contribution in [0.15, 0.2) is 11.4 Å². The van der Waals surface area contributed by atoms with Crippen molar-refractivity contribution in [1.29, 1.82) is 5.26 Å². The number of hydrogen-bond acceptors (Lipinski definition) is 6. The van der Waals surface area contributed by atoms with Gasteiger partial charge < -0.3 is 4.90 Å². The molecule has 0 unspecified atom stereocenters. The van der Waals surface area contributed by atoms with Crippen LogP contribution in [0.4, 0.5) is 0 Å². The Morgan fingerprint density at radius 1 is 1.56 bits per heavy atom. The highest BCUT2D eigenvalue weighted by Gasteiger charge is 2.25. The first-order valence-electron chi connectivity index (χ1n) is 8.55. The van der Waals surface area contributed by atoms with Gasteiger partial charge in [0.1, 0.15) is 16.2 Å². The first-order chi connectivity index (χ1) is 12.0. The molecule has 0 N–H and O–H groups in total.